The summed E-state index contributed by atoms with van der Waals surface area (Å²) >= 11 is 0. The molecule has 4 nitrogen and oxygen atoms in total. The first-order chi connectivity index (χ1) is 7.67. The van der Waals surface area contributed by atoms with E-state index in [4.69, 9.17) is 0 Å². The van der Waals surface area contributed by atoms with Gasteiger partial charge in [-0.1, -0.05) is 12.1 Å². The Morgan fingerprint density at radius 2 is 1.82 bits per heavy atom. The molecule has 2 N–H and O–H groups in total. The fraction of sp³-hybridized carbons (Fsp3) is 0.417. The summed E-state index contributed by atoms with van der Waals surface area (Å²) < 4.78 is 0. The van der Waals surface area contributed by atoms with Crippen LogP contribution >= 0.6 is 24.0 Å². The molecule has 0 aliphatic rings. The number of nitrogens with one attached hydrogen (secondary N) is 2. The molecule has 0 amide bonds. The number of aliphatic imine (C=N–C) groups is 1. The van der Waals surface area contributed by atoms with Crippen LogP contribution in [0.5, 0.6) is 0 Å². The largest absolute Gasteiger partial charge is 0.378 e. The van der Waals surface area contributed by atoms with Gasteiger partial charge in [-0.15, -0.1) is 24.0 Å². The Morgan fingerprint density at radius 3 is 2.24 bits per heavy atom. The highest BCUT2D eigenvalue weighted by Crippen LogP contribution is 2.11. The van der Waals surface area contributed by atoms with E-state index in [-0.39, 0.29) is 24.0 Å². The van der Waals surface area contributed by atoms with Crippen molar-refractivity contribution in [3.8, 4) is 0 Å². The molecule has 0 saturated carbocycles. The van der Waals surface area contributed by atoms with E-state index in [1.807, 2.05) is 21.1 Å². The lowest BCUT2D eigenvalue weighted by atomic mass is 10.2. The minimum atomic E-state index is 0. The molecular weight excluding hydrogens is 327 g/mol. The van der Waals surface area contributed by atoms with E-state index < -0.39 is 0 Å². The molecule has 0 atom stereocenters. The topological polar surface area (TPSA) is 39.7 Å². The highest BCUT2D eigenvalue weighted by Gasteiger charge is 1.97. The van der Waals surface area contributed by atoms with Crippen molar-refractivity contribution in [1.29, 1.82) is 0 Å². The van der Waals surface area contributed by atoms with Crippen LogP contribution in [-0.2, 0) is 6.54 Å². The van der Waals surface area contributed by atoms with Gasteiger partial charge in [0.15, 0.2) is 5.96 Å². The number of nitrogens with zero attached hydrogens (tertiary/aromatic N) is 2. The third-order valence-corrected chi connectivity index (χ3v) is 2.37. The summed E-state index contributed by atoms with van der Waals surface area (Å²) in [6, 6.07) is 8.45. The molecule has 0 aliphatic heterocycles. The molecule has 17 heavy (non-hydrogen) atoms. The molecular formula is C12H21IN4. The predicted octanol–water partition coefficient (Wildman–Crippen LogP) is 1.67. The van der Waals surface area contributed by atoms with Crippen LogP contribution in [0.15, 0.2) is 29.3 Å². The first kappa shape index (κ1) is 16.0. The van der Waals surface area contributed by atoms with E-state index >= 15 is 0 Å². The summed E-state index contributed by atoms with van der Waals surface area (Å²) in [5.74, 6) is 0.802. The van der Waals surface area contributed by atoms with Crippen molar-refractivity contribution in [3.05, 3.63) is 29.8 Å². The number of hydrogen-bond donors (Lipinski definition) is 2. The zero-order valence-corrected chi connectivity index (χ0v) is 13.1. The maximum atomic E-state index is 4.05. The molecule has 0 fully saturated rings. The van der Waals surface area contributed by atoms with Crippen LogP contribution in [-0.4, -0.2) is 34.2 Å². The smallest absolute Gasteiger partial charge is 0.190 e. The zero-order chi connectivity index (χ0) is 12.0. The van der Waals surface area contributed by atoms with E-state index in [9.17, 15) is 0 Å². The van der Waals surface area contributed by atoms with Crippen LogP contribution < -0.4 is 15.5 Å². The quantitative estimate of drug-likeness (QED) is 0.496. The Bertz CT molecular complexity index is 346. The van der Waals surface area contributed by atoms with Crippen molar-refractivity contribution < 1.29 is 0 Å². The minimum Gasteiger partial charge on any atom is -0.378 e. The molecule has 1 aromatic rings. The highest BCUT2D eigenvalue weighted by molar-refractivity contribution is 14.0. The molecule has 1 rings (SSSR count). The van der Waals surface area contributed by atoms with Crippen molar-refractivity contribution >= 4 is 35.6 Å². The first-order valence-electron chi connectivity index (χ1n) is 5.32. The molecule has 0 bridgehead atoms. The van der Waals surface area contributed by atoms with Gasteiger partial charge in [0.1, 0.15) is 0 Å². The Morgan fingerprint density at radius 1 is 1.24 bits per heavy atom. The van der Waals surface area contributed by atoms with Gasteiger partial charge < -0.3 is 15.5 Å². The number of anilines is 1. The number of benzene rings is 1. The van der Waals surface area contributed by atoms with Crippen LogP contribution in [0, 0.1) is 0 Å². The maximum absolute atomic E-state index is 4.05. The summed E-state index contributed by atoms with van der Waals surface area (Å²) in [7, 11) is 7.69. The number of halogens is 1. The molecule has 0 radical (unpaired) electrons. The summed E-state index contributed by atoms with van der Waals surface area (Å²) in [5, 5.41) is 6.19. The molecule has 0 heterocycles. The van der Waals surface area contributed by atoms with Crippen LogP contribution in [0.4, 0.5) is 5.69 Å². The first-order valence-corrected chi connectivity index (χ1v) is 5.32. The van der Waals surface area contributed by atoms with Crippen molar-refractivity contribution in [3.63, 3.8) is 0 Å². The third-order valence-electron chi connectivity index (χ3n) is 2.37. The van der Waals surface area contributed by atoms with Crippen LogP contribution in [0.3, 0.4) is 0 Å². The van der Waals surface area contributed by atoms with Gasteiger partial charge >= 0.3 is 0 Å². The average molecular weight is 348 g/mol. The molecule has 1 aromatic carbocycles. The lowest BCUT2D eigenvalue weighted by Crippen LogP contribution is -2.34. The van der Waals surface area contributed by atoms with Crippen LogP contribution in [0.1, 0.15) is 5.56 Å². The number of guanidine groups is 1. The lowest BCUT2D eigenvalue weighted by molar-refractivity contribution is 0.866. The van der Waals surface area contributed by atoms with Crippen LogP contribution in [0.2, 0.25) is 0 Å². The summed E-state index contributed by atoms with van der Waals surface area (Å²) in [5.41, 5.74) is 2.45. The second-order valence-corrected chi connectivity index (χ2v) is 3.74. The minimum absolute atomic E-state index is 0. The fourth-order valence-electron chi connectivity index (χ4n) is 1.38. The summed E-state index contributed by atoms with van der Waals surface area (Å²) in [6.07, 6.45) is 0. The zero-order valence-electron chi connectivity index (χ0n) is 10.8. The summed E-state index contributed by atoms with van der Waals surface area (Å²) in [6.45, 7) is 0.779. The van der Waals surface area contributed by atoms with Gasteiger partial charge in [0.2, 0.25) is 0 Å². The molecule has 0 saturated heterocycles. The summed E-state index contributed by atoms with van der Waals surface area (Å²) in [4.78, 5) is 6.14. The van der Waals surface area contributed by atoms with Crippen molar-refractivity contribution in [1.82, 2.24) is 10.6 Å². The Labute approximate surface area is 121 Å². The van der Waals surface area contributed by atoms with Gasteiger partial charge in [-0.05, 0) is 17.7 Å². The Kier molecular flexibility index (Phi) is 7.69. The van der Waals surface area contributed by atoms with Gasteiger partial charge in [-0.3, -0.25) is 4.99 Å². The van der Waals surface area contributed by atoms with E-state index in [2.05, 4.69) is 44.8 Å². The molecule has 96 valence electrons. The third kappa shape index (κ3) is 5.25. The standard InChI is InChI=1S/C12H20N4.HI/c1-13-12(14-2)15-9-10-5-7-11(8-6-10)16(3)4;/h5-8H,9H2,1-4H3,(H2,13,14,15);1H. The maximum Gasteiger partial charge on any atom is 0.190 e. The van der Waals surface area contributed by atoms with E-state index in [1.165, 1.54) is 11.3 Å². The van der Waals surface area contributed by atoms with Gasteiger partial charge in [-0.2, -0.15) is 0 Å². The molecule has 0 aromatic heterocycles. The SMILES string of the molecule is CN=C(NC)NCc1ccc(N(C)C)cc1.I. The average Bonchev–Trinajstić information content (AvgIpc) is 2.31. The Hall–Kier alpha value is -0.980. The molecule has 5 heteroatoms. The van der Waals surface area contributed by atoms with Gasteiger partial charge in [0.25, 0.3) is 0 Å². The van der Waals surface area contributed by atoms with Crippen molar-refractivity contribution in [2.24, 2.45) is 4.99 Å². The van der Waals surface area contributed by atoms with E-state index in [0.717, 1.165) is 12.5 Å². The number of rotatable bonds is 3. The normalized spacial score (nSPS) is 10.5. The highest BCUT2D eigenvalue weighted by atomic mass is 127. The second-order valence-electron chi connectivity index (χ2n) is 3.74. The number of hydrogen-bond acceptors (Lipinski definition) is 2. The van der Waals surface area contributed by atoms with Gasteiger partial charge in [0.05, 0.1) is 0 Å². The fourth-order valence-corrected chi connectivity index (χ4v) is 1.38. The van der Waals surface area contributed by atoms with E-state index in [0.29, 0.717) is 0 Å². The predicted molar refractivity (Wildman–Crippen MR) is 85.4 cm³/mol. The monoisotopic (exact) mass is 348 g/mol. The van der Waals surface area contributed by atoms with Crippen LogP contribution in [0.25, 0.3) is 0 Å². The van der Waals surface area contributed by atoms with Crippen molar-refractivity contribution in [2.75, 3.05) is 33.1 Å². The molecule has 0 spiro atoms. The lowest BCUT2D eigenvalue weighted by Gasteiger charge is -2.13. The van der Waals surface area contributed by atoms with Gasteiger partial charge in [-0.25, -0.2) is 0 Å². The molecule has 0 unspecified atom stereocenters. The van der Waals surface area contributed by atoms with Crippen molar-refractivity contribution in [2.45, 2.75) is 6.54 Å². The van der Waals surface area contributed by atoms with Gasteiger partial charge in [0, 0.05) is 40.4 Å². The molecule has 0 aliphatic carbocycles. The Balaban J connectivity index is 0.00000256. The van der Waals surface area contributed by atoms with E-state index in [1.54, 1.807) is 7.05 Å². The second kappa shape index (κ2) is 8.16.